The van der Waals surface area contributed by atoms with Crippen LogP contribution in [-0.2, 0) is 4.79 Å². The van der Waals surface area contributed by atoms with E-state index in [1.54, 1.807) is 6.92 Å². The lowest BCUT2D eigenvalue weighted by Crippen LogP contribution is -2.30. The minimum absolute atomic E-state index is 0.148. The van der Waals surface area contributed by atoms with Gasteiger partial charge in [0, 0.05) is 5.69 Å². The molecule has 0 aromatic heterocycles. The number of hydrogen-bond donors (Lipinski definition) is 1. The van der Waals surface area contributed by atoms with Gasteiger partial charge in [0.1, 0.15) is 5.75 Å². The second kappa shape index (κ2) is 7.32. The van der Waals surface area contributed by atoms with Crippen LogP contribution in [0.15, 0.2) is 42.5 Å². The summed E-state index contributed by atoms with van der Waals surface area (Å²) >= 11 is 0. The molecular weight excluding hydrogens is 286 g/mol. The fraction of sp³-hybridized carbons (Fsp3) is 0.350. The van der Waals surface area contributed by atoms with Gasteiger partial charge in [-0.1, -0.05) is 43.7 Å². The normalized spacial score (nSPS) is 12.1. The summed E-state index contributed by atoms with van der Waals surface area (Å²) in [6.45, 7) is 10.1. The first kappa shape index (κ1) is 17.1. The molecule has 0 bridgehead atoms. The van der Waals surface area contributed by atoms with Crippen molar-refractivity contribution in [3.05, 3.63) is 59.2 Å². The summed E-state index contributed by atoms with van der Waals surface area (Å²) < 4.78 is 5.93. The Morgan fingerprint density at radius 1 is 0.957 bits per heavy atom. The van der Waals surface area contributed by atoms with E-state index in [1.165, 1.54) is 0 Å². The number of rotatable bonds is 5. The summed E-state index contributed by atoms with van der Waals surface area (Å²) in [6.07, 6.45) is -0.560. The highest BCUT2D eigenvalue weighted by Crippen LogP contribution is 2.28. The number of aryl methyl sites for hydroxylation is 2. The van der Waals surface area contributed by atoms with Crippen LogP contribution in [0.1, 0.15) is 43.4 Å². The lowest BCUT2D eigenvalue weighted by molar-refractivity contribution is -0.122. The van der Waals surface area contributed by atoms with Crippen LogP contribution >= 0.6 is 0 Å². The third-order valence-electron chi connectivity index (χ3n) is 3.78. The smallest absolute Gasteiger partial charge is 0.265 e. The SMILES string of the molecule is Cc1ccc(NC(=O)C(C)Oc2cc(C)ccc2C(C)C)cc1. The van der Waals surface area contributed by atoms with Crippen molar-refractivity contribution in [2.75, 3.05) is 5.32 Å². The molecule has 122 valence electrons. The van der Waals surface area contributed by atoms with Gasteiger partial charge in [0.05, 0.1) is 0 Å². The molecule has 3 heteroatoms. The molecular formula is C20H25NO2. The Morgan fingerprint density at radius 3 is 2.17 bits per heavy atom. The summed E-state index contributed by atoms with van der Waals surface area (Å²) in [5, 5.41) is 2.89. The standard InChI is InChI=1S/C20H25NO2/c1-13(2)18-11-8-15(4)12-19(18)23-16(5)20(22)21-17-9-6-14(3)7-10-17/h6-13,16H,1-5H3,(H,21,22). The molecule has 0 heterocycles. The summed E-state index contributed by atoms with van der Waals surface area (Å²) in [7, 11) is 0. The molecule has 1 unspecified atom stereocenters. The number of hydrogen-bond acceptors (Lipinski definition) is 2. The molecule has 0 aliphatic carbocycles. The van der Waals surface area contributed by atoms with Gasteiger partial charge in [-0.3, -0.25) is 4.79 Å². The zero-order valence-corrected chi connectivity index (χ0v) is 14.5. The third kappa shape index (κ3) is 4.59. The number of carbonyl (C=O) groups excluding carboxylic acids is 1. The summed E-state index contributed by atoms with van der Waals surface area (Å²) in [6, 6.07) is 13.9. The van der Waals surface area contributed by atoms with Crippen LogP contribution in [0.25, 0.3) is 0 Å². The first-order valence-corrected chi connectivity index (χ1v) is 8.01. The third-order valence-corrected chi connectivity index (χ3v) is 3.78. The molecule has 2 rings (SSSR count). The summed E-state index contributed by atoms with van der Waals surface area (Å²) in [5.74, 6) is 0.981. The second-order valence-corrected chi connectivity index (χ2v) is 6.31. The van der Waals surface area contributed by atoms with Crippen LogP contribution in [-0.4, -0.2) is 12.0 Å². The van der Waals surface area contributed by atoms with Gasteiger partial charge in [-0.05, 0) is 56.0 Å². The fourth-order valence-electron chi connectivity index (χ4n) is 2.35. The highest BCUT2D eigenvalue weighted by molar-refractivity contribution is 5.94. The molecule has 0 radical (unpaired) electrons. The van der Waals surface area contributed by atoms with E-state index >= 15 is 0 Å². The van der Waals surface area contributed by atoms with Gasteiger partial charge in [0.25, 0.3) is 5.91 Å². The molecule has 0 saturated heterocycles. The van der Waals surface area contributed by atoms with Crippen LogP contribution in [0.4, 0.5) is 5.69 Å². The number of carbonyl (C=O) groups is 1. The van der Waals surface area contributed by atoms with E-state index in [9.17, 15) is 4.79 Å². The predicted octanol–water partition coefficient (Wildman–Crippen LogP) is 4.83. The molecule has 1 N–H and O–H groups in total. The van der Waals surface area contributed by atoms with Gasteiger partial charge < -0.3 is 10.1 Å². The van der Waals surface area contributed by atoms with Crippen LogP contribution in [0.3, 0.4) is 0 Å². The zero-order chi connectivity index (χ0) is 17.0. The Labute approximate surface area is 138 Å². The van der Waals surface area contributed by atoms with Gasteiger partial charge in [0.2, 0.25) is 0 Å². The summed E-state index contributed by atoms with van der Waals surface area (Å²) in [5.41, 5.74) is 4.18. The largest absolute Gasteiger partial charge is 0.481 e. The maximum atomic E-state index is 12.3. The molecule has 2 aromatic carbocycles. The molecule has 1 amide bonds. The lowest BCUT2D eigenvalue weighted by atomic mass is 10.0. The molecule has 0 saturated carbocycles. The van der Waals surface area contributed by atoms with E-state index in [1.807, 2.05) is 44.2 Å². The number of benzene rings is 2. The Morgan fingerprint density at radius 2 is 1.57 bits per heavy atom. The molecule has 0 fully saturated rings. The maximum Gasteiger partial charge on any atom is 0.265 e. The highest BCUT2D eigenvalue weighted by atomic mass is 16.5. The number of anilines is 1. The molecule has 23 heavy (non-hydrogen) atoms. The van der Waals surface area contributed by atoms with Crippen molar-refractivity contribution in [3.63, 3.8) is 0 Å². The van der Waals surface area contributed by atoms with Crippen LogP contribution in [0.2, 0.25) is 0 Å². The molecule has 0 spiro atoms. The average Bonchev–Trinajstić information content (AvgIpc) is 2.49. The van der Waals surface area contributed by atoms with Crippen molar-refractivity contribution in [1.82, 2.24) is 0 Å². The van der Waals surface area contributed by atoms with Crippen molar-refractivity contribution in [3.8, 4) is 5.75 Å². The van der Waals surface area contributed by atoms with Crippen LogP contribution in [0.5, 0.6) is 5.75 Å². The van der Waals surface area contributed by atoms with E-state index in [4.69, 9.17) is 4.74 Å². The topological polar surface area (TPSA) is 38.3 Å². The lowest BCUT2D eigenvalue weighted by Gasteiger charge is -2.19. The monoisotopic (exact) mass is 311 g/mol. The minimum atomic E-state index is -0.560. The van der Waals surface area contributed by atoms with Crippen LogP contribution < -0.4 is 10.1 Å². The van der Waals surface area contributed by atoms with Crippen molar-refractivity contribution in [2.24, 2.45) is 0 Å². The fourth-order valence-corrected chi connectivity index (χ4v) is 2.35. The molecule has 1 atom stereocenters. The molecule has 3 nitrogen and oxygen atoms in total. The average molecular weight is 311 g/mol. The van der Waals surface area contributed by atoms with Gasteiger partial charge in [0.15, 0.2) is 6.10 Å². The van der Waals surface area contributed by atoms with E-state index in [0.717, 1.165) is 28.1 Å². The molecule has 0 aliphatic heterocycles. The number of ether oxygens (including phenoxy) is 1. The van der Waals surface area contributed by atoms with E-state index in [0.29, 0.717) is 5.92 Å². The van der Waals surface area contributed by atoms with Crippen molar-refractivity contribution in [1.29, 1.82) is 0 Å². The van der Waals surface area contributed by atoms with Crippen molar-refractivity contribution >= 4 is 11.6 Å². The Kier molecular flexibility index (Phi) is 5.43. The van der Waals surface area contributed by atoms with Gasteiger partial charge in [-0.15, -0.1) is 0 Å². The molecule has 2 aromatic rings. The highest BCUT2D eigenvalue weighted by Gasteiger charge is 2.17. The first-order valence-electron chi connectivity index (χ1n) is 8.01. The number of nitrogens with one attached hydrogen (secondary N) is 1. The predicted molar refractivity (Wildman–Crippen MR) is 95.2 cm³/mol. The van der Waals surface area contributed by atoms with Crippen molar-refractivity contribution in [2.45, 2.75) is 46.6 Å². The maximum absolute atomic E-state index is 12.3. The summed E-state index contributed by atoms with van der Waals surface area (Å²) in [4.78, 5) is 12.3. The quantitative estimate of drug-likeness (QED) is 0.858. The van der Waals surface area contributed by atoms with Gasteiger partial charge >= 0.3 is 0 Å². The van der Waals surface area contributed by atoms with Gasteiger partial charge in [-0.25, -0.2) is 0 Å². The first-order chi connectivity index (χ1) is 10.9. The zero-order valence-electron chi connectivity index (χ0n) is 14.5. The molecule has 0 aliphatic rings. The minimum Gasteiger partial charge on any atom is -0.481 e. The van der Waals surface area contributed by atoms with E-state index in [-0.39, 0.29) is 5.91 Å². The van der Waals surface area contributed by atoms with E-state index in [2.05, 4.69) is 31.3 Å². The van der Waals surface area contributed by atoms with Gasteiger partial charge in [-0.2, -0.15) is 0 Å². The Bertz CT molecular complexity index is 675. The van der Waals surface area contributed by atoms with Crippen LogP contribution in [0, 0.1) is 13.8 Å². The number of amides is 1. The Balaban J connectivity index is 2.09. The Hall–Kier alpha value is -2.29. The second-order valence-electron chi connectivity index (χ2n) is 6.31. The van der Waals surface area contributed by atoms with E-state index < -0.39 is 6.10 Å². The van der Waals surface area contributed by atoms with Crippen molar-refractivity contribution < 1.29 is 9.53 Å².